The summed E-state index contributed by atoms with van der Waals surface area (Å²) in [5.74, 6) is 1.62. The van der Waals surface area contributed by atoms with Crippen LogP contribution < -0.4 is 5.73 Å². The lowest BCUT2D eigenvalue weighted by atomic mass is 9.92. The standard InChI is InChI=1S/C14H26N2O2/c1-18-10-11-5-7-16(8-6-11)14(17)13-4-2-3-12(13)9-15/h11-13H,2-10,15H2,1H3. The van der Waals surface area contributed by atoms with Crippen molar-refractivity contribution >= 4 is 5.91 Å². The first-order valence-electron chi connectivity index (χ1n) is 7.24. The van der Waals surface area contributed by atoms with Gasteiger partial charge in [-0.1, -0.05) is 6.42 Å². The SMILES string of the molecule is COCC1CCN(C(=O)C2CCCC2CN)CC1. The average Bonchev–Trinajstić information content (AvgIpc) is 2.87. The summed E-state index contributed by atoms with van der Waals surface area (Å²) in [4.78, 5) is 14.5. The van der Waals surface area contributed by atoms with Crippen LogP contribution in [-0.2, 0) is 9.53 Å². The summed E-state index contributed by atoms with van der Waals surface area (Å²) in [6.45, 7) is 3.30. The highest BCUT2D eigenvalue weighted by Gasteiger charge is 2.35. The molecule has 104 valence electrons. The van der Waals surface area contributed by atoms with Crippen LogP contribution in [-0.4, -0.2) is 44.2 Å². The number of methoxy groups -OCH3 is 1. The van der Waals surface area contributed by atoms with E-state index in [2.05, 4.69) is 4.90 Å². The van der Waals surface area contributed by atoms with Gasteiger partial charge < -0.3 is 15.4 Å². The molecule has 1 aliphatic heterocycles. The fourth-order valence-electron chi connectivity index (χ4n) is 3.43. The summed E-state index contributed by atoms with van der Waals surface area (Å²) in [6, 6.07) is 0. The molecule has 0 bridgehead atoms. The van der Waals surface area contributed by atoms with Gasteiger partial charge >= 0.3 is 0 Å². The summed E-state index contributed by atoms with van der Waals surface area (Å²) in [6.07, 6.45) is 5.50. The van der Waals surface area contributed by atoms with Crippen molar-refractivity contribution in [3.8, 4) is 0 Å². The van der Waals surface area contributed by atoms with Crippen molar-refractivity contribution in [2.45, 2.75) is 32.1 Å². The maximum Gasteiger partial charge on any atom is 0.226 e. The molecule has 18 heavy (non-hydrogen) atoms. The first-order chi connectivity index (χ1) is 8.76. The fraction of sp³-hybridized carbons (Fsp3) is 0.929. The Bertz CT molecular complexity index is 275. The van der Waals surface area contributed by atoms with E-state index in [0.29, 0.717) is 24.3 Å². The third kappa shape index (κ3) is 3.04. The summed E-state index contributed by atoms with van der Waals surface area (Å²) in [5.41, 5.74) is 5.77. The van der Waals surface area contributed by atoms with E-state index in [1.165, 1.54) is 6.42 Å². The first kappa shape index (κ1) is 13.8. The Hall–Kier alpha value is -0.610. The molecule has 1 heterocycles. The zero-order valence-corrected chi connectivity index (χ0v) is 11.4. The molecule has 1 saturated carbocycles. The normalized spacial score (nSPS) is 29.8. The lowest BCUT2D eigenvalue weighted by Crippen LogP contribution is -2.44. The topological polar surface area (TPSA) is 55.6 Å². The maximum absolute atomic E-state index is 12.5. The molecule has 2 atom stereocenters. The second-order valence-electron chi connectivity index (χ2n) is 5.76. The highest BCUT2D eigenvalue weighted by atomic mass is 16.5. The van der Waals surface area contributed by atoms with Gasteiger partial charge in [-0.15, -0.1) is 0 Å². The predicted octanol–water partition coefficient (Wildman–Crippen LogP) is 1.25. The van der Waals surface area contributed by atoms with E-state index in [4.69, 9.17) is 10.5 Å². The van der Waals surface area contributed by atoms with E-state index in [-0.39, 0.29) is 5.92 Å². The van der Waals surface area contributed by atoms with Crippen LogP contribution in [0.3, 0.4) is 0 Å². The second kappa shape index (κ2) is 6.53. The third-order valence-electron chi connectivity index (χ3n) is 4.61. The number of ether oxygens (including phenoxy) is 1. The molecule has 1 amide bonds. The number of piperidine rings is 1. The lowest BCUT2D eigenvalue weighted by Gasteiger charge is -2.34. The number of hydrogen-bond acceptors (Lipinski definition) is 3. The number of hydrogen-bond donors (Lipinski definition) is 1. The molecule has 2 fully saturated rings. The maximum atomic E-state index is 12.5. The van der Waals surface area contributed by atoms with Gasteiger partial charge in [0.2, 0.25) is 5.91 Å². The third-order valence-corrected chi connectivity index (χ3v) is 4.61. The molecule has 0 radical (unpaired) electrons. The Morgan fingerprint density at radius 3 is 2.61 bits per heavy atom. The van der Waals surface area contributed by atoms with Crippen molar-refractivity contribution in [2.75, 3.05) is 33.4 Å². The van der Waals surface area contributed by atoms with Gasteiger partial charge in [0.05, 0.1) is 0 Å². The van der Waals surface area contributed by atoms with Crippen molar-refractivity contribution in [1.82, 2.24) is 4.90 Å². The van der Waals surface area contributed by atoms with Gasteiger partial charge in [-0.05, 0) is 44.1 Å². The summed E-state index contributed by atoms with van der Waals surface area (Å²) >= 11 is 0. The second-order valence-corrected chi connectivity index (χ2v) is 5.76. The Morgan fingerprint density at radius 2 is 2.00 bits per heavy atom. The van der Waals surface area contributed by atoms with Gasteiger partial charge in [0.15, 0.2) is 0 Å². The molecular weight excluding hydrogens is 228 g/mol. The van der Waals surface area contributed by atoms with E-state index in [0.717, 1.165) is 45.4 Å². The van der Waals surface area contributed by atoms with Gasteiger partial charge in [-0.3, -0.25) is 4.79 Å². The molecule has 2 unspecified atom stereocenters. The van der Waals surface area contributed by atoms with E-state index in [1.807, 2.05) is 0 Å². The highest BCUT2D eigenvalue weighted by Crippen LogP contribution is 2.33. The Labute approximate surface area is 110 Å². The first-order valence-corrected chi connectivity index (χ1v) is 7.24. The number of rotatable bonds is 4. The largest absolute Gasteiger partial charge is 0.384 e. The van der Waals surface area contributed by atoms with Gasteiger partial charge in [0.1, 0.15) is 0 Å². The van der Waals surface area contributed by atoms with Crippen LogP contribution >= 0.6 is 0 Å². The number of amides is 1. The predicted molar refractivity (Wildman–Crippen MR) is 71.1 cm³/mol. The number of nitrogens with zero attached hydrogens (tertiary/aromatic N) is 1. The minimum Gasteiger partial charge on any atom is -0.384 e. The summed E-state index contributed by atoms with van der Waals surface area (Å²) in [7, 11) is 1.75. The fourth-order valence-corrected chi connectivity index (χ4v) is 3.43. The van der Waals surface area contributed by atoms with E-state index < -0.39 is 0 Å². The van der Waals surface area contributed by atoms with Crippen LogP contribution in [0.2, 0.25) is 0 Å². The number of carbonyl (C=O) groups is 1. The molecule has 0 aromatic rings. The van der Waals surface area contributed by atoms with Gasteiger partial charge in [-0.2, -0.15) is 0 Å². The highest BCUT2D eigenvalue weighted by molar-refractivity contribution is 5.79. The minimum absolute atomic E-state index is 0.203. The monoisotopic (exact) mass is 254 g/mol. The van der Waals surface area contributed by atoms with Crippen molar-refractivity contribution in [3.63, 3.8) is 0 Å². The van der Waals surface area contributed by atoms with Gasteiger partial charge in [0.25, 0.3) is 0 Å². The summed E-state index contributed by atoms with van der Waals surface area (Å²) < 4.78 is 5.19. The zero-order chi connectivity index (χ0) is 13.0. The van der Waals surface area contributed by atoms with Crippen LogP contribution in [0.1, 0.15) is 32.1 Å². The molecule has 4 nitrogen and oxygen atoms in total. The Morgan fingerprint density at radius 1 is 1.28 bits per heavy atom. The Kier molecular flexibility index (Phi) is 5.01. The molecule has 0 aromatic carbocycles. The van der Waals surface area contributed by atoms with Crippen molar-refractivity contribution < 1.29 is 9.53 Å². The van der Waals surface area contributed by atoms with Crippen molar-refractivity contribution in [3.05, 3.63) is 0 Å². The average molecular weight is 254 g/mol. The van der Waals surface area contributed by atoms with E-state index in [1.54, 1.807) is 7.11 Å². The van der Waals surface area contributed by atoms with Crippen LogP contribution in [0.4, 0.5) is 0 Å². The molecule has 1 saturated heterocycles. The number of likely N-dealkylation sites (tertiary alicyclic amines) is 1. The molecule has 4 heteroatoms. The van der Waals surface area contributed by atoms with E-state index >= 15 is 0 Å². The minimum atomic E-state index is 0.203. The number of carbonyl (C=O) groups excluding carboxylic acids is 1. The van der Waals surface area contributed by atoms with Gasteiger partial charge in [-0.25, -0.2) is 0 Å². The zero-order valence-electron chi connectivity index (χ0n) is 11.4. The molecule has 2 rings (SSSR count). The molecule has 0 spiro atoms. The molecule has 0 aromatic heterocycles. The molecule has 1 aliphatic carbocycles. The van der Waals surface area contributed by atoms with Crippen LogP contribution in [0.5, 0.6) is 0 Å². The quantitative estimate of drug-likeness (QED) is 0.821. The number of nitrogens with two attached hydrogens (primary N) is 1. The van der Waals surface area contributed by atoms with Crippen molar-refractivity contribution in [2.24, 2.45) is 23.5 Å². The van der Waals surface area contributed by atoms with E-state index in [9.17, 15) is 4.79 Å². The van der Waals surface area contributed by atoms with Crippen LogP contribution in [0.25, 0.3) is 0 Å². The molecular formula is C14H26N2O2. The molecule has 2 N–H and O–H groups in total. The van der Waals surface area contributed by atoms with Crippen LogP contribution in [0.15, 0.2) is 0 Å². The van der Waals surface area contributed by atoms with Crippen LogP contribution in [0, 0.1) is 17.8 Å². The summed E-state index contributed by atoms with van der Waals surface area (Å²) in [5, 5.41) is 0. The lowest BCUT2D eigenvalue weighted by molar-refractivity contribution is -0.138. The smallest absolute Gasteiger partial charge is 0.226 e. The molecule has 2 aliphatic rings. The van der Waals surface area contributed by atoms with Gasteiger partial charge in [0, 0.05) is 32.7 Å². The Balaban J connectivity index is 1.83. The van der Waals surface area contributed by atoms with Crippen molar-refractivity contribution in [1.29, 1.82) is 0 Å².